The van der Waals surface area contributed by atoms with Crippen molar-refractivity contribution in [2.75, 3.05) is 48.1 Å². The number of rotatable bonds is 12. The Hall–Kier alpha value is -3.06. The molecule has 2 bridgehead atoms. The van der Waals surface area contributed by atoms with Gasteiger partial charge in [0.05, 0.1) is 62.3 Å². The van der Waals surface area contributed by atoms with E-state index in [1.807, 2.05) is 52.5 Å². The van der Waals surface area contributed by atoms with Crippen LogP contribution in [0.25, 0.3) is 0 Å². The number of nitrogens with zero attached hydrogens (tertiary/aromatic N) is 1. The van der Waals surface area contributed by atoms with Gasteiger partial charge < -0.3 is 52.1 Å². The molecule has 0 amide bonds. The maximum Gasteiger partial charge on any atom is 0.308 e. The molecule has 16 heteroatoms. The van der Waals surface area contributed by atoms with Crippen LogP contribution >= 0.6 is 0 Å². The fourth-order valence-corrected chi connectivity index (χ4v) is 9.52. The van der Waals surface area contributed by atoms with Crippen LogP contribution in [0.3, 0.4) is 0 Å². The highest BCUT2D eigenvalue weighted by Gasteiger charge is 2.52. The molecule has 0 aliphatic carbocycles. The van der Waals surface area contributed by atoms with E-state index >= 15 is 0 Å². The first-order valence-corrected chi connectivity index (χ1v) is 22.9. The second kappa shape index (κ2) is 25.2. The molecule has 0 saturated carbocycles. The van der Waals surface area contributed by atoms with E-state index in [4.69, 9.17) is 52.1 Å². The van der Waals surface area contributed by atoms with Crippen molar-refractivity contribution in [3.63, 3.8) is 0 Å². The Morgan fingerprint density at radius 3 is 2.12 bits per heavy atom. The third-order valence-electron chi connectivity index (χ3n) is 13.2. The third kappa shape index (κ3) is 14.2. The number of allylic oxidation sites excluding steroid dienone is 3. The molecular formula is C48H77NO15. The van der Waals surface area contributed by atoms with Crippen molar-refractivity contribution in [3.8, 4) is 0 Å². The van der Waals surface area contributed by atoms with Gasteiger partial charge in [0.15, 0.2) is 24.5 Å². The summed E-state index contributed by atoms with van der Waals surface area (Å²) in [7, 11) is 6.84. The molecule has 16 nitrogen and oxygen atoms in total. The van der Waals surface area contributed by atoms with E-state index in [1.54, 1.807) is 53.5 Å². The average molecular weight is 908 g/mol. The molecule has 3 saturated heterocycles. The topological polar surface area (TPSA) is 173 Å². The zero-order valence-corrected chi connectivity index (χ0v) is 40.4. The number of hydrogen-bond acceptors (Lipinski definition) is 16. The summed E-state index contributed by atoms with van der Waals surface area (Å²) in [5, 5.41) is 0. The van der Waals surface area contributed by atoms with Crippen molar-refractivity contribution >= 4 is 23.7 Å². The van der Waals surface area contributed by atoms with Gasteiger partial charge in [-0.3, -0.25) is 24.1 Å². The number of cyclic esters (lactones) is 1. The maximum absolute atomic E-state index is 14.4. The Bertz CT molecular complexity index is 1600. The Kier molecular flexibility index (Phi) is 21.1. The minimum atomic E-state index is -1.15. The van der Waals surface area contributed by atoms with Gasteiger partial charge in [-0.1, -0.05) is 51.5 Å². The van der Waals surface area contributed by atoms with Crippen molar-refractivity contribution in [2.45, 2.75) is 168 Å². The first-order valence-electron chi connectivity index (χ1n) is 22.9. The number of carbonyl (C=O) groups excluding carboxylic acids is 4. The molecule has 0 aromatic heterocycles. The van der Waals surface area contributed by atoms with Crippen molar-refractivity contribution in [3.05, 3.63) is 36.5 Å². The van der Waals surface area contributed by atoms with Gasteiger partial charge >= 0.3 is 17.9 Å². The number of ether oxygens (including phenoxy) is 11. The van der Waals surface area contributed by atoms with Crippen LogP contribution in [0.1, 0.15) is 88.0 Å². The summed E-state index contributed by atoms with van der Waals surface area (Å²) in [5.74, 6) is -3.38. The Labute approximate surface area is 380 Å². The number of esters is 3. The first kappa shape index (κ1) is 53.6. The second-order valence-corrected chi connectivity index (χ2v) is 18.2. The van der Waals surface area contributed by atoms with Crippen molar-refractivity contribution in [2.24, 2.45) is 29.6 Å². The van der Waals surface area contributed by atoms with E-state index in [0.717, 1.165) is 5.57 Å². The lowest BCUT2D eigenvalue weighted by molar-refractivity contribution is -0.309. The van der Waals surface area contributed by atoms with Crippen molar-refractivity contribution in [1.82, 2.24) is 4.90 Å². The molecule has 0 N–H and O–H groups in total. The SMILES string of the molecule is C=CC1COCC[C@H]2C[C@@H](C)C(=O)/C=C/C(C)=C/[C@H](CO[C@@H]3OC(C)[C@@H](C)[C@H](OC)C3OC)[C@@H](CC)OC(=O)C[C@@H](O1)[C@H](C)[C@H]2O[C@@H]1OC(C)[C@@H](OC(C)=O)C(N(C)C)C1OC(C)=O. The van der Waals surface area contributed by atoms with E-state index in [2.05, 4.69) is 6.58 Å². The highest BCUT2D eigenvalue weighted by molar-refractivity contribution is 5.91. The normalized spacial score (nSPS) is 41.0. The highest BCUT2D eigenvalue weighted by Crippen LogP contribution is 2.38. The standard InChI is InChI=1S/C48H77NO15/c1-15-36-25-56-20-19-34-22-27(4)37(52)18-17-26(3)21-35(24-57-47-46(55-14)43(54-13)28(5)30(7)58-47)38(16-2)63-40(53)23-39(62-36)29(6)42(34)64-48-45(61-33(10)51)41(49(11)12)44(31(8)59-48)60-32(9)50/h15,17-18,21,27-31,34-36,38-39,41-48H,1,16,19-20,22-25H2,2-14H3/b18-17+,26-21+/t27-,28-,29+,30?,31?,34+,35-,36?,38-,39-,41?,42-,43+,44-,45?,46?,47-,48+/m1/s1. The van der Waals surface area contributed by atoms with Crippen LogP contribution in [-0.4, -0.2) is 156 Å². The summed E-state index contributed by atoms with van der Waals surface area (Å²) in [6.45, 7) is 20.7. The van der Waals surface area contributed by atoms with E-state index in [1.165, 1.54) is 13.8 Å². The zero-order valence-electron chi connectivity index (χ0n) is 40.4. The van der Waals surface area contributed by atoms with Gasteiger partial charge in [-0.15, -0.1) is 6.58 Å². The van der Waals surface area contributed by atoms with Gasteiger partial charge in [0.25, 0.3) is 0 Å². The highest BCUT2D eigenvalue weighted by atomic mass is 16.7. The first-order chi connectivity index (χ1) is 30.3. The molecule has 4 heterocycles. The number of carbonyl (C=O) groups is 4. The molecule has 3 fully saturated rings. The van der Waals surface area contributed by atoms with Crippen LogP contribution in [0.5, 0.6) is 0 Å². The largest absolute Gasteiger partial charge is 0.462 e. The van der Waals surface area contributed by atoms with Crippen LogP contribution in [-0.2, 0) is 71.3 Å². The molecule has 4 aliphatic heterocycles. The monoisotopic (exact) mass is 908 g/mol. The summed E-state index contributed by atoms with van der Waals surface area (Å²) in [6.07, 6.45) is 0.0275. The van der Waals surface area contributed by atoms with Gasteiger partial charge in [-0.05, 0) is 66.1 Å². The summed E-state index contributed by atoms with van der Waals surface area (Å²) in [5.41, 5.74) is 0.784. The van der Waals surface area contributed by atoms with Crippen molar-refractivity contribution < 1.29 is 71.3 Å². The second-order valence-electron chi connectivity index (χ2n) is 18.2. The van der Waals surface area contributed by atoms with Crippen LogP contribution in [0.4, 0.5) is 0 Å². The molecule has 6 unspecified atom stereocenters. The number of methoxy groups -OCH3 is 2. The predicted molar refractivity (Wildman–Crippen MR) is 236 cm³/mol. The Balaban J connectivity index is 1.77. The molecule has 4 rings (SSSR count). The van der Waals surface area contributed by atoms with E-state index in [-0.39, 0.29) is 49.5 Å². The van der Waals surface area contributed by atoms with Gasteiger partial charge in [0, 0.05) is 58.3 Å². The zero-order chi connectivity index (χ0) is 47.4. The molecule has 0 aromatic rings. The summed E-state index contributed by atoms with van der Waals surface area (Å²) in [4.78, 5) is 55.2. The quantitative estimate of drug-likeness (QED) is 0.139. The lowest BCUT2D eigenvalue weighted by Gasteiger charge is -2.49. The predicted octanol–water partition coefficient (Wildman–Crippen LogP) is 5.39. The summed E-state index contributed by atoms with van der Waals surface area (Å²) in [6, 6.07) is -0.654. The molecular weight excluding hydrogens is 831 g/mol. The number of likely N-dealkylation sites (N-methyl/N-ethyl adjacent to an activating group) is 1. The lowest BCUT2D eigenvalue weighted by atomic mass is 9.79. The smallest absolute Gasteiger partial charge is 0.308 e. The Morgan fingerprint density at radius 2 is 1.52 bits per heavy atom. The molecule has 0 radical (unpaired) electrons. The van der Waals surface area contributed by atoms with Gasteiger partial charge in [0.1, 0.15) is 18.3 Å². The number of hydrogen-bond donors (Lipinski definition) is 0. The fourth-order valence-electron chi connectivity index (χ4n) is 9.52. The number of ketones is 1. The number of fused-ring (bicyclic) bond motifs is 3. The summed E-state index contributed by atoms with van der Waals surface area (Å²) >= 11 is 0. The van der Waals surface area contributed by atoms with Crippen LogP contribution in [0.2, 0.25) is 0 Å². The lowest BCUT2D eigenvalue weighted by Crippen LogP contribution is -2.65. The van der Waals surface area contributed by atoms with Crippen LogP contribution < -0.4 is 0 Å². The van der Waals surface area contributed by atoms with Crippen LogP contribution in [0.15, 0.2) is 36.5 Å². The average Bonchev–Trinajstić information content (AvgIpc) is 3.23. The van der Waals surface area contributed by atoms with Crippen LogP contribution in [0, 0.1) is 29.6 Å². The minimum Gasteiger partial charge on any atom is -0.462 e. The summed E-state index contributed by atoms with van der Waals surface area (Å²) < 4.78 is 68.8. The molecule has 0 spiro atoms. The molecule has 4 aliphatic rings. The molecule has 64 heavy (non-hydrogen) atoms. The Morgan fingerprint density at radius 1 is 0.859 bits per heavy atom. The van der Waals surface area contributed by atoms with Gasteiger partial charge in [-0.2, -0.15) is 0 Å². The maximum atomic E-state index is 14.4. The van der Waals surface area contributed by atoms with E-state index < -0.39 is 103 Å². The van der Waals surface area contributed by atoms with Crippen molar-refractivity contribution in [1.29, 1.82) is 0 Å². The molecule has 0 aromatic carbocycles. The fraction of sp³-hybridized carbons (Fsp3) is 0.792. The molecule has 364 valence electrons. The third-order valence-corrected chi connectivity index (χ3v) is 13.2. The van der Waals surface area contributed by atoms with E-state index in [9.17, 15) is 19.2 Å². The van der Waals surface area contributed by atoms with E-state index in [0.29, 0.717) is 25.9 Å². The van der Waals surface area contributed by atoms with Gasteiger partial charge in [0.2, 0.25) is 0 Å². The van der Waals surface area contributed by atoms with Gasteiger partial charge in [-0.25, -0.2) is 0 Å². The minimum absolute atomic E-state index is 0.0526. The molecule has 18 atom stereocenters.